The van der Waals surface area contributed by atoms with Gasteiger partial charge >= 0.3 is 0 Å². The first kappa shape index (κ1) is 14.6. The third-order valence-electron chi connectivity index (χ3n) is 2.58. The molecule has 0 unspecified atom stereocenters. The number of ether oxygens (including phenoxy) is 2. The fraction of sp³-hybridized carbons (Fsp3) is 0.467. The molecule has 0 bridgehead atoms. The minimum atomic E-state index is 0.567. The van der Waals surface area contributed by atoms with Crippen LogP contribution in [0.15, 0.2) is 30.4 Å². The van der Waals surface area contributed by atoms with Gasteiger partial charge in [-0.2, -0.15) is 0 Å². The van der Waals surface area contributed by atoms with Crippen LogP contribution in [0.1, 0.15) is 25.8 Å². The van der Waals surface area contributed by atoms with Gasteiger partial charge in [-0.3, -0.25) is 0 Å². The van der Waals surface area contributed by atoms with E-state index in [4.69, 9.17) is 9.47 Å². The third kappa shape index (κ3) is 4.41. The highest BCUT2D eigenvalue weighted by Crippen LogP contribution is 2.31. The highest BCUT2D eigenvalue weighted by Gasteiger charge is 2.09. The van der Waals surface area contributed by atoms with Crippen molar-refractivity contribution in [1.82, 2.24) is 5.32 Å². The summed E-state index contributed by atoms with van der Waals surface area (Å²) in [6.45, 7) is 6.51. The van der Waals surface area contributed by atoms with Gasteiger partial charge in [0.05, 0.1) is 7.11 Å². The van der Waals surface area contributed by atoms with Crippen LogP contribution in [0.3, 0.4) is 0 Å². The molecule has 0 fully saturated rings. The Morgan fingerprint density at radius 2 is 2.17 bits per heavy atom. The number of para-hydroxylation sites is 1. The van der Waals surface area contributed by atoms with Crippen molar-refractivity contribution in [1.29, 1.82) is 0 Å². The average molecular weight is 249 g/mol. The number of hydrogen-bond acceptors (Lipinski definition) is 3. The molecule has 0 saturated heterocycles. The van der Waals surface area contributed by atoms with Crippen molar-refractivity contribution in [2.75, 3.05) is 20.3 Å². The van der Waals surface area contributed by atoms with Crippen molar-refractivity contribution in [2.24, 2.45) is 0 Å². The molecule has 0 aromatic heterocycles. The first-order chi connectivity index (χ1) is 8.83. The summed E-state index contributed by atoms with van der Waals surface area (Å²) in [5.41, 5.74) is 1.13. The molecule has 0 spiro atoms. The van der Waals surface area contributed by atoms with Crippen molar-refractivity contribution >= 4 is 0 Å². The number of methoxy groups -OCH3 is 1. The summed E-state index contributed by atoms with van der Waals surface area (Å²) in [6.07, 6.45) is 5.08. The van der Waals surface area contributed by atoms with Crippen LogP contribution >= 0.6 is 0 Å². The zero-order valence-corrected chi connectivity index (χ0v) is 11.5. The standard InChI is InChI=1S/C15H23NO2/c1-4-6-11-18-15-13(12-16-10-5-2)8-7-9-14(15)17-3/h4,6-9,16H,5,10-12H2,1-3H3/b6-4+. The van der Waals surface area contributed by atoms with Gasteiger partial charge in [-0.25, -0.2) is 0 Å². The van der Waals surface area contributed by atoms with E-state index in [0.717, 1.165) is 36.6 Å². The van der Waals surface area contributed by atoms with Crippen LogP contribution < -0.4 is 14.8 Å². The van der Waals surface area contributed by atoms with E-state index >= 15 is 0 Å². The molecule has 1 aromatic carbocycles. The Morgan fingerprint density at radius 3 is 2.83 bits per heavy atom. The van der Waals surface area contributed by atoms with Crippen molar-refractivity contribution in [3.63, 3.8) is 0 Å². The van der Waals surface area contributed by atoms with Crippen LogP contribution in [0.5, 0.6) is 11.5 Å². The van der Waals surface area contributed by atoms with Crippen molar-refractivity contribution in [2.45, 2.75) is 26.8 Å². The molecule has 1 rings (SSSR count). The molecular formula is C15H23NO2. The smallest absolute Gasteiger partial charge is 0.166 e. The molecule has 0 aliphatic heterocycles. The maximum atomic E-state index is 5.78. The lowest BCUT2D eigenvalue weighted by molar-refractivity contribution is 0.322. The summed E-state index contributed by atoms with van der Waals surface area (Å²) < 4.78 is 11.1. The Kier molecular flexibility index (Phi) is 6.96. The van der Waals surface area contributed by atoms with E-state index in [1.807, 2.05) is 31.2 Å². The van der Waals surface area contributed by atoms with E-state index in [9.17, 15) is 0 Å². The minimum Gasteiger partial charge on any atom is -0.493 e. The average Bonchev–Trinajstić information content (AvgIpc) is 2.40. The zero-order chi connectivity index (χ0) is 13.2. The number of allylic oxidation sites excluding steroid dienone is 1. The SMILES string of the molecule is C/C=C/COc1c(CNCCC)cccc1OC. The Bertz CT molecular complexity index is 375. The first-order valence-corrected chi connectivity index (χ1v) is 6.44. The molecule has 0 aliphatic rings. The van der Waals surface area contributed by atoms with Gasteiger partial charge in [0.25, 0.3) is 0 Å². The second-order valence-corrected chi connectivity index (χ2v) is 4.01. The van der Waals surface area contributed by atoms with E-state index in [-0.39, 0.29) is 0 Å². The fourth-order valence-corrected chi connectivity index (χ4v) is 1.65. The second-order valence-electron chi connectivity index (χ2n) is 4.01. The normalized spacial score (nSPS) is 10.8. The molecule has 0 atom stereocenters. The molecule has 3 nitrogen and oxygen atoms in total. The second kappa shape index (κ2) is 8.59. The molecule has 100 valence electrons. The Balaban J connectivity index is 2.78. The fourth-order valence-electron chi connectivity index (χ4n) is 1.65. The lowest BCUT2D eigenvalue weighted by Crippen LogP contribution is -2.15. The molecule has 0 amide bonds. The Labute approximate surface area is 110 Å². The van der Waals surface area contributed by atoms with Crippen LogP contribution in [0.2, 0.25) is 0 Å². The molecule has 0 heterocycles. The van der Waals surface area contributed by atoms with E-state index in [1.165, 1.54) is 0 Å². The lowest BCUT2D eigenvalue weighted by atomic mass is 10.2. The topological polar surface area (TPSA) is 30.5 Å². The van der Waals surface area contributed by atoms with E-state index in [0.29, 0.717) is 6.61 Å². The van der Waals surface area contributed by atoms with Gasteiger partial charge in [0.15, 0.2) is 11.5 Å². The van der Waals surface area contributed by atoms with E-state index < -0.39 is 0 Å². The van der Waals surface area contributed by atoms with Crippen LogP contribution in [0, 0.1) is 0 Å². The first-order valence-electron chi connectivity index (χ1n) is 6.44. The maximum Gasteiger partial charge on any atom is 0.166 e. The summed E-state index contributed by atoms with van der Waals surface area (Å²) >= 11 is 0. The maximum absolute atomic E-state index is 5.78. The van der Waals surface area contributed by atoms with Crippen LogP contribution in [0.4, 0.5) is 0 Å². The highest BCUT2D eigenvalue weighted by atomic mass is 16.5. The number of rotatable bonds is 8. The Hall–Kier alpha value is -1.48. The van der Waals surface area contributed by atoms with Gasteiger partial charge in [0, 0.05) is 12.1 Å². The highest BCUT2D eigenvalue weighted by molar-refractivity contribution is 5.46. The quantitative estimate of drug-likeness (QED) is 0.567. The summed E-state index contributed by atoms with van der Waals surface area (Å²) in [6, 6.07) is 5.98. The van der Waals surface area contributed by atoms with Crippen LogP contribution in [-0.4, -0.2) is 20.3 Å². The summed E-state index contributed by atoms with van der Waals surface area (Å²) in [5.74, 6) is 1.62. The van der Waals surface area contributed by atoms with Gasteiger partial charge in [-0.15, -0.1) is 0 Å². The van der Waals surface area contributed by atoms with Gasteiger partial charge in [-0.05, 0) is 26.0 Å². The van der Waals surface area contributed by atoms with Crippen LogP contribution in [0.25, 0.3) is 0 Å². The van der Waals surface area contributed by atoms with Gasteiger partial charge in [0.2, 0.25) is 0 Å². The molecule has 18 heavy (non-hydrogen) atoms. The molecule has 0 radical (unpaired) electrons. The van der Waals surface area contributed by atoms with Gasteiger partial charge in [-0.1, -0.05) is 31.2 Å². The molecule has 1 N–H and O–H groups in total. The van der Waals surface area contributed by atoms with Gasteiger partial charge in [0.1, 0.15) is 6.61 Å². The molecule has 0 saturated carbocycles. The number of hydrogen-bond donors (Lipinski definition) is 1. The van der Waals surface area contributed by atoms with Gasteiger partial charge < -0.3 is 14.8 Å². The molecule has 3 heteroatoms. The monoisotopic (exact) mass is 249 g/mol. The molecular weight excluding hydrogens is 226 g/mol. The Morgan fingerprint density at radius 1 is 1.33 bits per heavy atom. The third-order valence-corrected chi connectivity index (χ3v) is 2.58. The largest absolute Gasteiger partial charge is 0.493 e. The minimum absolute atomic E-state index is 0.567. The van der Waals surface area contributed by atoms with E-state index in [1.54, 1.807) is 7.11 Å². The zero-order valence-electron chi connectivity index (χ0n) is 11.5. The molecule has 1 aromatic rings. The van der Waals surface area contributed by atoms with Crippen LogP contribution in [-0.2, 0) is 6.54 Å². The lowest BCUT2D eigenvalue weighted by Gasteiger charge is -2.14. The molecule has 0 aliphatic carbocycles. The van der Waals surface area contributed by atoms with E-state index in [2.05, 4.69) is 18.3 Å². The number of benzene rings is 1. The summed E-state index contributed by atoms with van der Waals surface area (Å²) in [5, 5.41) is 3.38. The van der Waals surface area contributed by atoms with Crippen molar-refractivity contribution < 1.29 is 9.47 Å². The van der Waals surface area contributed by atoms with Crippen molar-refractivity contribution in [3.8, 4) is 11.5 Å². The number of nitrogens with one attached hydrogen (secondary N) is 1. The summed E-state index contributed by atoms with van der Waals surface area (Å²) in [4.78, 5) is 0. The predicted molar refractivity (Wildman–Crippen MR) is 75.3 cm³/mol. The van der Waals surface area contributed by atoms with Crippen molar-refractivity contribution in [3.05, 3.63) is 35.9 Å². The predicted octanol–water partition coefficient (Wildman–Crippen LogP) is 3.15. The summed E-state index contributed by atoms with van der Waals surface area (Å²) in [7, 11) is 1.67.